The fraction of sp³-hybridized carbons (Fsp3) is 0.182. The average Bonchev–Trinajstić information content (AvgIpc) is 2.78. The Morgan fingerprint density at radius 3 is 2.75 bits per heavy atom. The first-order valence-electron chi connectivity index (χ1n) is 9.19. The van der Waals surface area contributed by atoms with E-state index in [-0.39, 0.29) is 5.56 Å². The molecule has 6 heteroatoms. The van der Waals surface area contributed by atoms with Crippen LogP contribution < -0.4 is 16.2 Å². The first kappa shape index (κ1) is 17.9. The number of rotatable bonds is 3. The van der Waals surface area contributed by atoms with Gasteiger partial charge < -0.3 is 20.5 Å². The lowest BCUT2D eigenvalue weighted by Gasteiger charge is -2.24. The number of allylic oxidation sites excluding steroid dienone is 1. The maximum absolute atomic E-state index is 11.6. The first-order chi connectivity index (χ1) is 13.5. The minimum atomic E-state index is -0.0762. The maximum atomic E-state index is 11.6. The Morgan fingerprint density at radius 1 is 1.14 bits per heavy atom. The second-order valence-electron chi connectivity index (χ2n) is 7.09. The molecule has 6 nitrogen and oxygen atoms in total. The number of pyridine rings is 2. The second-order valence-corrected chi connectivity index (χ2v) is 7.09. The maximum Gasteiger partial charge on any atom is 0.248 e. The fourth-order valence-electron chi connectivity index (χ4n) is 3.57. The Morgan fingerprint density at radius 2 is 1.96 bits per heavy atom. The normalized spacial score (nSPS) is 13.7. The summed E-state index contributed by atoms with van der Waals surface area (Å²) in [7, 11) is 2.06. The van der Waals surface area contributed by atoms with Crippen molar-refractivity contribution in [3.63, 3.8) is 0 Å². The van der Waals surface area contributed by atoms with Crippen molar-refractivity contribution >= 4 is 11.5 Å². The molecule has 0 unspecified atom stereocenters. The molecule has 0 saturated heterocycles. The lowest BCUT2D eigenvalue weighted by atomic mass is 10.0. The molecule has 4 rings (SSSR count). The van der Waals surface area contributed by atoms with E-state index in [9.17, 15) is 4.79 Å². The predicted molar refractivity (Wildman–Crippen MR) is 113 cm³/mol. The van der Waals surface area contributed by atoms with Crippen molar-refractivity contribution in [2.24, 2.45) is 0 Å². The average molecular weight is 373 g/mol. The number of hydrogen-bond acceptors (Lipinski definition) is 5. The predicted octanol–water partition coefficient (Wildman–Crippen LogP) is 3.33. The molecule has 0 amide bonds. The Bertz CT molecular complexity index is 1100. The van der Waals surface area contributed by atoms with Gasteiger partial charge in [0.2, 0.25) is 5.56 Å². The number of nitrogens with one attached hydrogen (secondary N) is 1. The Hall–Kier alpha value is -3.54. The topological polar surface area (TPSA) is 78.2 Å². The molecule has 0 spiro atoms. The molecule has 0 fully saturated rings. The number of nitrogens with zero attached hydrogens (tertiary/aromatic N) is 3. The summed E-state index contributed by atoms with van der Waals surface area (Å²) in [5.41, 5.74) is 12.3. The molecule has 3 heterocycles. The van der Waals surface area contributed by atoms with Gasteiger partial charge in [-0.15, -0.1) is 0 Å². The molecule has 1 aliphatic heterocycles. The monoisotopic (exact) mass is 373 g/mol. The summed E-state index contributed by atoms with van der Waals surface area (Å²) in [6, 6.07) is 15.6. The number of aromatic nitrogens is 2. The van der Waals surface area contributed by atoms with E-state index >= 15 is 0 Å². The van der Waals surface area contributed by atoms with Gasteiger partial charge in [0.15, 0.2) is 0 Å². The molecule has 142 valence electrons. The number of fused-ring (bicyclic) bond motifs is 1. The molecule has 3 N–H and O–H groups in total. The van der Waals surface area contributed by atoms with Gasteiger partial charge >= 0.3 is 0 Å². The number of H-pyrrole nitrogens is 1. The zero-order valence-corrected chi connectivity index (χ0v) is 16.0. The fourth-order valence-corrected chi connectivity index (χ4v) is 3.57. The van der Waals surface area contributed by atoms with Gasteiger partial charge in [-0.25, -0.2) is 4.98 Å². The molecule has 1 aliphatic rings. The van der Waals surface area contributed by atoms with Crippen molar-refractivity contribution in [2.45, 2.75) is 20.0 Å². The van der Waals surface area contributed by atoms with Crippen molar-refractivity contribution in [3.05, 3.63) is 88.2 Å². The van der Waals surface area contributed by atoms with Gasteiger partial charge in [0.05, 0.1) is 6.54 Å². The van der Waals surface area contributed by atoms with E-state index in [2.05, 4.69) is 58.1 Å². The van der Waals surface area contributed by atoms with Crippen molar-refractivity contribution < 1.29 is 0 Å². The van der Waals surface area contributed by atoms with Crippen molar-refractivity contribution in [1.29, 1.82) is 0 Å². The molecule has 0 radical (unpaired) electrons. The third-order valence-electron chi connectivity index (χ3n) is 5.01. The van der Waals surface area contributed by atoms with Crippen LogP contribution in [0.15, 0.2) is 71.4 Å². The standard InChI is InChI=1S/C22H23N5O/c1-15-12-26(2)20-10-16(17-8-9-24-21(23)11-17)6-7-18(20)13-27(15)14-19-4-3-5-22(28)25-19/h3-12H,13-14H2,1-2H3,(H2,23,24)(H,25,28). The Labute approximate surface area is 164 Å². The van der Waals surface area contributed by atoms with Gasteiger partial charge in [0, 0.05) is 49.1 Å². The molecule has 0 atom stereocenters. The van der Waals surface area contributed by atoms with Crippen LogP contribution >= 0.6 is 0 Å². The molecule has 28 heavy (non-hydrogen) atoms. The third-order valence-corrected chi connectivity index (χ3v) is 5.01. The van der Waals surface area contributed by atoms with Crippen LogP contribution in [0.25, 0.3) is 11.1 Å². The van der Waals surface area contributed by atoms with Crippen LogP contribution in [0.4, 0.5) is 11.5 Å². The second kappa shape index (κ2) is 7.23. The summed E-state index contributed by atoms with van der Waals surface area (Å²) < 4.78 is 0. The van der Waals surface area contributed by atoms with Crippen molar-refractivity contribution in [1.82, 2.24) is 14.9 Å². The summed E-state index contributed by atoms with van der Waals surface area (Å²) in [6.45, 7) is 3.50. The largest absolute Gasteiger partial charge is 0.384 e. The highest BCUT2D eigenvalue weighted by Gasteiger charge is 2.18. The van der Waals surface area contributed by atoms with Gasteiger partial charge in [0.25, 0.3) is 0 Å². The molecule has 0 saturated carbocycles. The van der Waals surface area contributed by atoms with E-state index in [4.69, 9.17) is 5.73 Å². The van der Waals surface area contributed by atoms with Crippen LogP contribution in [0.3, 0.4) is 0 Å². The zero-order valence-electron chi connectivity index (χ0n) is 16.0. The highest BCUT2D eigenvalue weighted by atomic mass is 16.1. The number of benzene rings is 1. The number of nitrogen functional groups attached to an aromatic ring is 1. The van der Waals surface area contributed by atoms with Crippen molar-refractivity contribution in [2.75, 3.05) is 17.7 Å². The summed E-state index contributed by atoms with van der Waals surface area (Å²) >= 11 is 0. The van der Waals surface area contributed by atoms with Crippen LogP contribution in [-0.2, 0) is 13.1 Å². The smallest absolute Gasteiger partial charge is 0.248 e. The van der Waals surface area contributed by atoms with E-state index in [1.165, 1.54) is 11.6 Å². The molecule has 3 aromatic rings. The van der Waals surface area contributed by atoms with Gasteiger partial charge in [-0.05, 0) is 47.9 Å². The minimum absolute atomic E-state index is 0.0762. The number of anilines is 2. The van der Waals surface area contributed by atoms with Gasteiger partial charge in [-0.3, -0.25) is 4.79 Å². The number of aromatic amines is 1. The molecule has 2 aromatic heterocycles. The van der Waals surface area contributed by atoms with Crippen LogP contribution in [0, 0.1) is 0 Å². The number of hydrogen-bond donors (Lipinski definition) is 2. The lowest BCUT2D eigenvalue weighted by molar-refractivity contribution is 0.327. The van der Waals surface area contributed by atoms with Gasteiger partial charge in [-0.2, -0.15) is 0 Å². The van der Waals surface area contributed by atoms with E-state index in [1.54, 1.807) is 12.3 Å². The summed E-state index contributed by atoms with van der Waals surface area (Å²) in [5, 5.41) is 0. The van der Waals surface area contributed by atoms with E-state index in [0.29, 0.717) is 12.4 Å². The first-order valence-corrected chi connectivity index (χ1v) is 9.19. The van der Waals surface area contributed by atoms with Crippen molar-refractivity contribution in [3.8, 4) is 11.1 Å². The summed E-state index contributed by atoms with van der Waals surface area (Å²) in [6.07, 6.45) is 3.85. The lowest BCUT2D eigenvalue weighted by Crippen LogP contribution is -2.22. The van der Waals surface area contributed by atoms with E-state index in [1.807, 2.05) is 18.2 Å². The molecule has 0 aliphatic carbocycles. The highest BCUT2D eigenvalue weighted by molar-refractivity contribution is 5.72. The van der Waals surface area contributed by atoms with Crippen LogP contribution in [0.5, 0.6) is 0 Å². The summed E-state index contributed by atoms with van der Waals surface area (Å²) in [5.74, 6) is 0.513. The molecular weight excluding hydrogens is 350 g/mol. The Balaban J connectivity index is 1.68. The molecule has 0 bridgehead atoms. The van der Waals surface area contributed by atoms with Crippen LogP contribution in [-0.4, -0.2) is 21.9 Å². The van der Waals surface area contributed by atoms with Crippen LogP contribution in [0.1, 0.15) is 18.2 Å². The van der Waals surface area contributed by atoms with E-state index < -0.39 is 0 Å². The SMILES string of the molecule is CC1=CN(C)c2cc(-c3ccnc(N)c3)ccc2CN1Cc1cccc(=O)[nH]1. The number of nitrogens with two attached hydrogens (primary N) is 1. The van der Waals surface area contributed by atoms with Gasteiger partial charge in [-0.1, -0.05) is 18.2 Å². The third kappa shape index (κ3) is 3.62. The quantitative estimate of drug-likeness (QED) is 0.736. The van der Waals surface area contributed by atoms with Gasteiger partial charge in [0.1, 0.15) is 5.82 Å². The Kier molecular flexibility index (Phi) is 4.61. The van der Waals surface area contributed by atoms with E-state index in [0.717, 1.165) is 34.8 Å². The summed E-state index contributed by atoms with van der Waals surface area (Å²) in [4.78, 5) is 23.0. The van der Waals surface area contributed by atoms with Crippen LogP contribution in [0.2, 0.25) is 0 Å². The molecule has 1 aromatic carbocycles. The highest BCUT2D eigenvalue weighted by Crippen LogP contribution is 2.32. The zero-order chi connectivity index (χ0) is 19.7. The minimum Gasteiger partial charge on any atom is -0.384 e. The molecular formula is C22H23N5O.